The Morgan fingerprint density at radius 2 is 1.85 bits per heavy atom. The van der Waals surface area contributed by atoms with Crippen LogP contribution < -0.4 is 0 Å². The van der Waals surface area contributed by atoms with E-state index in [2.05, 4.69) is 6.92 Å². The molecule has 1 unspecified atom stereocenters. The van der Waals surface area contributed by atoms with Gasteiger partial charge in [-0.3, -0.25) is 0 Å². The molecule has 72 valence electrons. The van der Waals surface area contributed by atoms with E-state index in [1.54, 1.807) is 0 Å². The first-order chi connectivity index (χ1) is 6.11. The molecule has 0 spiro atoms. The fraction of sp³-hybridized carbons (Fsp3) is 0.556. The zero-order valence-corrected chi connectivity index (χ0v) is 7.49. The van der Waals surface area contributed by atoms with Gasteiger partial charge in [-0.25, -0.2) is 0 Å². The molecule has 1 aromatic rings. The molecular weight excluding hydrogens is 170 g/mol. The Balaban J connectivity index is 2.53. The molecule has 13 heavy (non-hydrogen) atoms. The van der Waals surface area contributed by atoms with Gasteiger partial charge in [0.15, 0.2) is 0 Å². The van der Waals surface area contributed by atoms with E-state index in [0.29, 0.717) is 21.8 Å². The average Bonchev–Trinajstić information content (AvgIpc) is 2.32. The van der Waals surface area contributed by atoms with Crippen molar-refractivity contribution in [2.45, 2.75) is 26.2 Å². The summed E-state index contributed by atoms with van der Waals surface area (Å²) in [7, 11) is 0. The summed E-state index contributed by atoms with van der Waals surface area (Å²) in [5.74, 6) is 0.0821. The van der Waals surface area contributed by atoms with Crippen molar-refractivity contribution < 1.29 is 15.4 Å². The third-order valence-electron chi connectivity index (χ3n) is 2.75. The topological polar surface area (TPSA) is 65.6 Å². The van der Waals surface area contributed by atoms with Crippen molar-refractivity contribution in [1.82, 2.24) is 4.73 Å². The predicted octanol–water partition coefficient (Wildman–Crippen LogP) is 1.26. The molecule has 0 bridgehead atoms. The average molecular weight is 183 g/mol. The molecule has 2 rings (SSSR count). The molecule has 0 radical (unpaired) electrons. The number of rotatable bonds is 0. The lowest BCUT2D eigenvalue weighted by molar-refractivity contribution is 0.129. The Labute approximate surface area is 76.0 Å². The summed E-state index contributed by atoms with van der Waals surface area (Å²) < 4.78 is 0.461. The van der Waals surface area contributed by atoms with E-state index in [1.165, 1.54) is 0 Å². The molecule has 0 saturated carbocycles. The van der Waals surface area contributed by atoms with Crippen molar-refractivity contribution in [3.8, 4) is 11.8 Å². The van der Waals surface area contributed by atoms with Crippen LogP contribution in [0.15, 0.2) is 0 Å². The largest absolute Gasteiger partial charge is 0.492 e. The van der Waals surface area contributed by atoms with Gasteiger partial charge in [0.1, 0.15) is 0 Å². The number of hydrogen-bond donors (Lipinski definition) is 3. The molecule has 4 nitrogen and oxygen atoms in total. The summed E-state index contributed by atoms with van der Waals surface area (Å²) in [5.41, 5.74) is 1.39. The number of hydrogen-bond acceptors (Lipinski definition) is 3. The van der Waals surface area contributed by atoms with Gasteiger partial charge in [-0.1, -0.05) is 6.92 Å². The van der Waals surface area contributed by atoms with E-state index in [9.17, 15) is 15.4 Å². The molecule has 1 aliphatic carbocycles. The molecule has 1 atom stereocenters. The zero-order chi connectivity index (χ0) is 9.59. The number of aromatic hydroxyl groups is 2. The molecule has 1 heterocycles. The van der Waals surface area contributed by atoms with Crippen molar-refractivity contribution in [1.29, 1.82) is 0 Å². The van der Waals surface area contributed by atoms with E-state index in [0.717, 1.165) is 19.3 Å². The number of fused-ring (bicyclic) bond motifs is 1. The van der Waals surface area contributed by atoms with Gasteiger partial charge in [-0.05, 0) is 25.2 Å². The van der Waals surface area contributed by atoms with Crippen LogP contribution in [-0.2, 0) is 12.8 Å². The van der Waals surface area contributed by atoms with Gasteiger partial charge in [-0.2, -0.15) is 0 Å². The minimum absolute atomic E-state index is 0.209. The molecular formula is C9H13NO3. The summed E-state index contributed by atoms with van der Waals surface area (Å²) in [6, 6.07) is 0. The van der Waals surface area contributed by atoms with Crippen LogP contribution in [-0.4, -0.2) is 20.2 Å². The van der Waals surface area contributed by atoms with Gasteiger partial charge in [0.25, 0.3) is 0 Å². The van der Waals surface area contributed by atoms with Gasteiger partial charge < -0.3 is 15.4 Å². The first kappa shape index (κ1) is 8.29. The highest BCUT2D eigenvalue weighted by Gasteiger charge is 2.27. The summed E-state index contributed by atoms with van der Waals surface area (Å²) in [5, 5.41) is 28.0. The van der Waals surface area contributed by atoms with E-state index in [-0.39, 0.29) is 11.8 Å². The standard InChI is InChI=1S/C9H13NO3/c1-5-2-3-6-7(4-5)9(12)10(13)8(6)11/h5,11-13H,2-4H2,1H3. The zero-order valence-electron chi connectivity index (χ0n) is 7.49. The lowest BCUT2D eigenvalue weighted by atomic mass is 9.87. The maximum Gasteiger partial charge on any atom is 0.232 e. The van der Waals surface area contributed by atoms with Crippen LogP contribution in [0, 0.1) is 5.92 Å². The molecule has 0 saturated heterocycles. The van der Waals surface area contributed by atoms with E-state index < -0.39 is 0 Å². The van der Waals surface area contributed by atoms with Crippen LogP contribution in [0.4, 0.5) is 0 Å². The first-order valence-electron chi connectivity index (χ1n) is 4.45. The summed E-state index contributed by atoms with van der Waals surface area (Å²) in [4.78, 5) is 0. The smallest absolute Gasteiger partial charge is 0.232 e. The molecule has 0 amide bonds. The Kier molecular flexibility index (Phi) is 1.65. The highest BCUT2D eigenvalue weighted by atomic mass is 16.5. The van der Waals surface area contributed by atoms with Crippen molar-refractivity contribution >= 4 is 0 Å². The van der Waals surface area contributed by atoms with E-state index >= 15 is 0 Å². The second-order valence-electron chi connectivity index (χ2n) is 3.76. The quantitative estimate of drug-likeness (QED) is 0.530. The Morgan fingerprint density at radius 1 is 1.23 bits per heavy atom. The van der Waals surface area contributed by atoms with Gasteiger partial charge in [0.2, 0.25) is 11.8 Å². The van der Waals surface area contributed by atoms with Crippen molar-refractivity contribution in [2.75, 3.05) is 0 Å². The third-order valence-corrected chi connectivity index (χ3v) is 2.75. The van der Waals surface area contributed by atoms with Crippen LogP contribution in [0.25, 0.3) is 0 Å². The molecule has 4 heteroatoms. The Morgan fingerprint density at radius 3 is 2.54 bits per heavy atom. The number of nitrogens with zero attached hydrogens (tertiary/aromatic N) is 1. The van der Waals surface area contributed by atoms with Crippen LogP contribution in [0.3, 0.4) is 0 Å². The van der Waals surface area contributed by atoms with Crippen molar-refractivity contribution in [3.05, 3.63) is 11.1 Å². The fourth-order valence-electron chi connectivity index (χ4n) is 1.94. The van der Waals surface area contributed by atoms with E-state index in [1.807, 2.05) is 0 Å². The van der Waals surface area contributed by atoms with Crippen molar-refractivity contribution in [3.63, 3.8) is 0 Å². The van der Waals surface area contributed by atoms with Crippen molar-refractivity contribution in [2.24, 2.45) is 5.92 Å². The van der Waals surface area contributed by atoms with Crippen LogP contribution in [0.2, 0.25) is 0 Å². The lowest BCUT2D eigenvalue weighted by Gasteiger charge is -2.17. The second kappa shape index (κ2) is 2.58. The van der Waals surface area contributed by atoms with Crippen LogP contribution in [0.1, 0.15) is 24.5 Å². The van der Waals surface area contributed by atoms with E-state index in [4.69, 9.17) is 0 Å². The monoisotopic (exact) mass is 183 g/mol. The Hall–Kier alpha value is -1.32. The number of aromatic nitrogens is 1. The first-order valence-corrected chi connectivity index (χ1v) is 4.45. The Bertz CT molecular complexity index is 343. The normalized spacial score (nSPS) is 21.5. The molecule has 3 N–H and O–H groups in total. The van der Waals surface area contributed by atoms with Gasteiger partial charge >= 0.3 is 0 Å². The molecule has 1 aromatic heterocycles. The molecule has 1 aliphatic rings. The van der Waals surface area contributed by atoms with Crippen LogP contribution in [0.5, 0.6) is 11.8 Å². The molecule has 0 aromatic carbocycles. The molecule has 0 fully saturated rings. The SMILES string of the molecule is CC1CCc2c(c(O)n(O)c2O)C1. The highest BCUT2D eigenvalue weighted by Crippen LogP contribution is 2.38. The maximum absolute atomic E-state index is 9.43. The van der Waals surface area contributed by atoms with Gasteiger partial charge in [-0.15, -0.1) is 4.73 Å². The minimum Gasteiger partial charge on any atom is -0.492 e. The maximum atomic E-state index is 9.43. The highest BCUT2D eigenvalue weighted by molar-refractivity contribution is 5.45. The van der Waals surface area contributed by atoms with Gasteiger partial charge in [0, 0.05) is 11.1 Å². The fourth-order valence-corrected chi connectivity index (χ4v) is 1.94. The second-order valence-corrected chi connectivity index (χ2v) is 3.76. The molecule has 0 aliphatic heterocycles. The predicted molar refractivity (Wildman–Crippen MR) is 46.1 cm³/mol. The summed E-state index contributed by atoms with van der Waals surface area (Å²) in [6.07, 6.45) is 2.44. The summed E-state index contributed by atoms with van der Waals surface area (Å²) >= 11 is 0. The minimum atomic E-state index is -0.209. The van der Waals surface area contributed by atoms with Gasteiger partial charge in [0.05, 0.1) is 0 Å². The van der Waals surface area contributed by atoms with Crippen LogP contribution >= 0.6 is 0 Å². The lowest BCUT2D eigenvalue weighted by Crippen LogP contribution is -2.09. The summed E-state index contributed by atoms with van der Waals surface area (Å²) in [6.45, 7) is 2.09. The third kappa shape index (κ3) is 1.05.